The first kappa shape index (κ1) is 13.7. The molecule has 1 atom stereocenters. The number of aromatic nitrogens is 2. The van der Waals surface area contributed by atoms with Crippen LogP contribution < -0.4 is 11.3 Å². The number of rotatable bonds is 3. The van der Waals surface area contributed by atoms with Crippen LogP contribution in [0.4, 0.5) is 0 Å². The Labute approximate surface area is 124 Å². The van der Waals surface area contributed by atoms with Gasteiger partial charge in [0.15, 0.2) is 0 Å². The normalized spacial score (nSPS) is 12.5. The molecule has 0 aliphatic carbocycles. The van der Waals surface area contributed by atoms with Gasteiger partial charge >= 0.3 is 0 Å². The lowest BCUT2D eigenvalue weighted by Gasteiger charge is -2.18. The van der Waals surface area contributed by atoms with Gasteiger partial charge in [-0.2, -0.15) is 0 Å². The number of nitrogens with zero attached hydrogens (tertiary/aromatic N) is 2. The summed E-state index contributed by atoms with van der Waals surface area (Å²) in [6, 6.07) is 14.2. The van der Waals surface area contributed by atoms with Crippen LogP contribution in [0.2, 0.25) is 0 Å². The zero-order valence-electron chi connectivity index (χ0n) is 12.2. The van der Waals surface area contributed by atoms with Crippen molar-refractivity contribution in [1.82, 2.24) is 15.4 Å². The van der Waals surface area contributed by atoms with Crippen molar-refractivity contribution < 1.29 is 0 Å². The summed E-state index contributed by atoms with van der Waals surface area (Å²) in [5, 5.41) is 1.11. The number of fused-ring (bicyclic) bond motifs is 1. The van der Waals surface area contributed by atoms with Crippen LogP contribution in [-0.4, -0.2) is 9.97 Å². The Kier molecular flexibility index (Phi) is 3.64. The van der Waals surface area contributed by atoms with Crippen LogP contribution in [-0.2, 0) is 0 Å². The maximum Gasteiger partial charge on any atom is 0.0726 e. The summed E-state index contributed by atoms with van der Waals surface area (Å²) in [6.45, 7) is 3.98. The minimum absolute atomic E-state index is 0.0949. The second kappa shape index (κ2) is 5.60. The van der Waals surface area contributed by atoms with Crippen molar-refractivity contribution in [2.24, 2.45) is 5.84 Å². The highest BCUT2D eigenvalue weighted by Crippen LogP contribution is 2.24. The molecule has 1 aromatic carbocycles. The Balaban J connectivity index is 2.08. The highest BCUT2D eigenvalue weighted by Gasteiger charge is 2.14. The van der Waals surface area contributed by atoms with Crippen molar-refractivity contribution >= 4 is 10.9 Å². The summed E-state index contributed by atoms with van der Waals surface area (Å²) >= 11 is 0. The monoisotopic (exact) mass is 278 g/mol. The summed E-state index contributed by atoms with van der Waals surface area (Å²) in [4.78, 5) is 8.92. The van der Waals surface area contributed by atoms with E-state index < -0.39 is 0 Å². The van der Waals surface area contributed by atoms with Crippen LogP contribution in [0.3, 0.4) is 0 Å². The molecule has 2 aromatic heterocycles. The molecule has 0 aliphatic heterocycles. The van der Waals surface area contributed by atoms with E-state index in [4.69, 9.17) is 5.84 Å². The van der Waals surface area contributed by atoms with Gasteiger partial charge in [0.2, 0.25) is 0 Å². The van der Waals surface area contributed by atoms with Crippen molar-refractivity contribution in [3.63, 3.8) is 0 Å². The molecule has 0 radical (unpaired) electrons. The predicted octanol–water partition coefficient (Wildman–Crippen LogP) is 2.80. The number of nitrogens with one attached hydrogen (secondary N) is 1. The van der Waals surface area contributed by atoms with E-state index in [1.807, 2.05) is 50.4 Å². The van der Waals surface area contributed by atoms with Gasteiger partial charge in [0.25, 0.3) is 0 Å². The predicted molar refractivity (Wildman–Crippen MR) is 84.6 cm³/mol. The van der Waals surface area contributed by atoms with Gasteiger partial charge < -0.3 is 0 Å². The third-order valence-corrected chi connectivity index (χ3v) is 3.55. The third-order valence-electron chi connectivity index (χ3n) is 3.55. The molecule has 0 saturated heterocycles. The molecule has 4 nitrogen and oxygen atoms in total. The standard InChI is InChI=1S/C17H18N4/c1-11-7-14(8-12(2)20-11)17(21-18)15-9-13-5-3-4-6-16(13)19-10-15/h3-10,17,21H,18H2,1-2H3. The number of hydrogen-bond donors (Lipinski definition) is 2. The van der Waals surface area contributed by atoms with E-state index in [1.54, 1.807) is 0 Å². The Morgan fingerprint density at radius 1 is 1.00 bits per heavy atom. The number of benzene rings is 1. The molecule has 0 bridgehead atoms. The van der Waals surface area contributed by atoms with Gasteiger partial charge in [-0.05, 0) is 49.2 Å². The number of pyridine rings is 2. The lowest BCUT2D eigenvalue weighted by Crippen LogP contribution is -2.29. The highest BCUT2D eigenvalue weighted by atomic mass is 15.2. The first-order chi connectivity index (χ1) is 10.2. The maximum absolute atomic E-state index is 5.78. The maximum atomic E-state index is 5.78. The topological polar surface area (TPSA) is 63.8 Å². The molecule has 0 saturated carbocycles. The van der Waals surface area contributed by atoms with Gasteiger partial charge in [0.1, 0.15) is 0 Å². The summed E-state index contributed by atoms with van der Waals surface area (Å²) < 4.78 is 0. The number of aryl methyl sites for hydroxylation is 2. The molecule has 0 amide bonds. The zero-order valence-corrected chi connectivity index (χ0v) is 12.2. The van der Waals surface area contributed by atoms with Crippen molar-refractivity contribution in [1.29, 1.82) is 0 Å². The van der Waals surface area contributed by atoms with E-state index in [0.717, 1.165) is 33.4 Å². The van der Waals surface area contributed by atoms with Crippen molar-refractivity contribution in [3.8, 4) is 0 Å². The molecule has 0 fully saturated rings. The number of nitrogens with two attached hydrogens (primary N) is 1. The molecule has 4 heteroatoms. The van der Waals surface area contributed by atoms with Crippen molar-refractivity contribution in [2.45, 2.75) is 19.9 Å². The van der Waals surface area contributed by atoms with E-state index >= 15 is 0 Å². The van der Waals surface area contributed by atoms with Crippen LogP contribution in [0.25, 0.3) is 10.9 Å². The van der Waals surface area contributed by atoms with Crippen LogP contribution in [0.5, 0.6) is 0 Å². The van der Waals surface area contributed by atoms with E-state index in [-0.39, 0.29) is 6.04 Å². The first-order valence-corrected chi connectivity index (χ1v) is 6.93. The van der Waals surface area contributed by atoms with Crippen LogP contribution >= 0.6 is 0 Å². The largest absolute Gasteiger partial charge is 0.271 e. The van der Waals surface area contributed by atoms with Crippen LogP contribution in [0.15, 0.2) is 48.7 Å². The minimum atomic E-state index is -0.0949. The number of hydrogen-bond acceptors (Lipinski definition) is 4. The van der Waals surface area contributed by atoms with Gasteiger partial charge in [-0.1, -0.05) is 18.2 Å². The Morgan fingerprint density at radius 3 is 2.43 bits per heavy atom. The summed E-state index contributed by atoms with van der Waals surface area (Å²) in [5.74, 6) is 5.78. The summed E-state index contributed by atoms with van der Waals surface area (Å²) in [5.41, 5.74) is 7.98. The SMILES string of the molecule is Cc1cc(C(NN)c2cnc3ccccc3c2)cc(C)n1. The number of para-hydroxylation sites is 1. The van der Waals surface area contributed by atoms with Gasteiger partial charge in [-0.3, -0.25) is 15.8 Å². The molecule has 1 unspecified atom stereocenters. The van der Waals surface area contributed by atoms with Crippen molar-refractivity contribution in [3.05, 3.63) is 71.2 Å². The molecule has 3 aromatic rings. The molecule has 3 rings (SSSR count). The van der Waals surface area contributed by atoms with Gasteiger partial charge in [0.05, 0.1) is 11.6 Å². The fourth-order valence-corrected chi connectivity index (χ4v) is 2.66. The Bertz CT molecular complexity index is 762. The van der Waals surface area contributed by atoms with Gasteiger partial charge in [0, 0.05) is 23.0 Å². The fourth-order valence-electron chi connectivity index (χ4n) is 2.66. The van der Waals surface area contributed by atoms with E-state index in [0.29, 0.717) is 0 Å². The Morgan fingerprint density at radius 2 is 1.71 bits per heavy atom. The summed E-state index contributed by atoms with van der Waals surface area (Å²) in [7, 11) is 0. The highest BCUT2D eigenvalue weighted by molar-refractivity contribution is 5.78. The third kappa shape index (κ3) is 2.77. The average Bonchev–Trinajstić information content (AvgIpc) is 2.47. The Hall–Kier alpha value is -2.30. The molecular formula is C17H18N4. The quantitative estimate of drug-likeness (QED) is 0.571. The average molecular weight is 278 g/mol. The first-order valence-electron chi connectivity index (χ1n) is 6.93. The smallest absolute Gasteiger partial charge is 0.0726 e. The lowest BCUT2D eigenvalue weighted by molar-refractivity contribution is 0.633. The van der Waals surface area contributed by atoms with Crippen LogP contribution in [0.1, 0.15) is 28.6 Å². The molecular weight excluding hydrogens is 260 g/mol. The van der Waals surface area contributed by atoms with Crippen molar-refractivity contribution in [2.75, 3.05) is 0 Å². The summed E-state index contributed by atoms with van der Waals surface area (Å²) in [6.07, 6.45) is 1.87. The minimum Gasteiger partial charge on any atom is -0.271 e. The number of hydrazine groups is 1. The lowest BCUT2D eigenvalue weighted by atomic mass is 9.99. The van der Waals surface area contributed by atoms with Gasteiger partial charge in [-0.25, -0.2) is 5.43 Å². The molecule has 0 aliphatic rings. The van der Waals surface area contributed by atoms with E-state index in [1.165, 1.54) is 0 Å². The zero-order chi connectivity index (χ0) is 14.8. The molecule has 0 spiro atoms. The molecule has 2 heterocycles. The van der Waals surface area contributed by atoms with E-state index in [2.05, 4.69) is 27.5 Å². The second-order valence-corrected chi connectivity index (χ2v) is 5.24. The fraction of sp³-hybridized carbons (Fsp3) is 0.176. The molecule has 3 N–H and O–H groups in total. The second-order valence-electron chi connectivity index (χ2n) is 5.24. The van der Waals surface area contributed by atoms with Crippen LogP contribution in [0, 0.1) is 13.8 Å². The van der Waals surface area contributed by atoms with E-state index in [9.17, 15) is 0 Å². The molecule has 106 valence electrons. The van der Waals surface area contributed by atoms with Gasteiger partial charge in [-0.15, -0.1) is 0 Å². The molecule has 21 heavy (non-hydrogen) atoms.